The van der Waals surface area contributed by atoms with Crippen LogP contribution in [0.5, 0.6) is 5.75 Å². The molecule has 0 spiro atoms. The zero-order valence-electron chi connectivity index (χ0n) is 8.22. The Labute approximate surface area is 103 Å². The molecule has 0 saturated carbocycles. The molecule has 1 atom stereocenters. The summed E-state index contributed by atoms with van der Waals surface area (Å²) in [5, 5.41) is 0.389. The van der Waals surface area contributed by atoms with Gasteiger partial charge in [0, 0.05) is 10.8 Å². The van der Waals surface area contributed by atoms with Gasteiger partial charge in [-0.3, -0.25) is 4.79 Å². The third kappa shape index (κ3) is 3.23. The van der Waals surface area contributed by atoms with Gasteiger partial charge in [0.2, 0.25) is 0 Å². The zero-order valence-corrected chi connectivity index (χ0v) is 9.87. The minimum absolute atomic E-state index is 0.140. The Hall–Kier alpha value is -1.04. The van der Waals surface area contributed by atoms with Crippen LogP contribution in [0, 0.1) is 0 Å². The Morgan fingerprint density at radius 2 is 2.31 bits per heavy atom. The highest BCUT2D eigenvalue weighted by Gasteiger charge is 2.15. The second kappa shape index (κ2) is 5.89. The molecular weight excluding hydrogens is 250 g/mol. The fourth-order valence-electron chi connectivity index (χ4n) is 0.963. The number of benzene rings is 1. The van der Waals surface area contributed by atoms with Crippen molar-refractivity contribution < 1.29 is 14.3 Å². The van der Waals surface area contributed by atoms with Crippen LogP contribution >= 0.6 is 24.2 Å². The van der Waals surface area contributed by atoms with Crippen molar-refractivity contribution in [1.82, 2.24) is 0 Å². The lowest BCUT2D eigenvalue weighted by molar-refractivity contribution is -0.135. The third-order valence-corrected chi connectivity index (χ3v) is 2.44. The first kappa shape index (κ1) is 13.0. The number of hydrogen-bond donors (Lipinski definition) is 2. The highest BCUT2D eigenvalue weighted by molar-refractivity contribution is 7.80. The van der Waals surface area contributed by atoms with E-state index in [9.17, 15) is 9.59 Å². The maximum absolute atomic E-state index is 11.4. The number of aldehydes is 1. The van der Waals surface area contributed by atoms with Crippen molar-refractivity contribution in [3.05, 3.63) is 28.8 Å². The summed E-state index contributed by atoms with van der Waals surface area (Å²) < 4.78 is 4.94. The van der Waals surface area contributed by atoms with Gasteiger partial charge in [0.05, 0.1) is 5.56 Å². The van der Waals surface area contributed by atoms with Crippen LogP contribution in [0.2, 0.25) is 5.02 Å². The van der Waals surface area contributed by atoms with Crippen LogP contribution in [-0.2, 0) is 4.79 Å². The van der Waals surface area contributed by atoms with Gasteiger partial charge in [0.15, 0.2) is 6.29 Å². The molecule has 16 heavy (non-hydrogen) atoms. The van der Waals surface area contributed by atoms with Gasteiger partial charge >= 0.3 is 5.97 Å². The molecule has 0 aromatic heterocycles. The summed E-state index contributed by atoms with van der Waals surface area (Å²) in [4.78, 5) is 22.1. The lowest BCUT2D eigenvalue weighted by Crippen LogP contribution is -2.35. The Balaban J connectivity index is 2.88. The molecule has 6 heteroatoms. The molecule has 2 N–H and O–H groups in total. The van der Waals surface area contributed by atoms with Crippen molar-refractivity contribution in [2.24, 2.45) is 5.73 Å². The molecule has 86 valence electrons. The van der Waals surface area contributed by atoms with Crippen molar-refractivity contribution in [1.29, 1.82) is 0 Å². The normalized spacial score (nSPS) is 11.9. The van der Waals surface area contributed by atoms with Gasteiger partial charge < -0.3 is 10.5 Å². The zero-order chi connectivity index (χ0) is 12.1. The number of thiol groups is 1. The van der Waals surface area contributed by atoms with Gasteiger partial charge in [-0.2, -0.15) is 12.6 Å². The van der Waals surface area contributed by atoms with E-state index in [4.69, 9.17) is 22.1 Å². The first-order chi connectivity index (χ1) is 7.58. The minimum Gasteiger partial charge on any atom is -0.425 e. The molecule has 4 nitrogen and oxygen atoms in total. The van der Waals surface area contributed by atoms with E-state index in [1.54, 1.807) is 0 Å². The summed E-state index contributed by atoms with van der Waals surface area (Å²) in [6.07, 6.45) is 0.556. The van der Waals surface area contributed by atoms with Crippen LogP contribution in [0.25, 0.3) is 0 Å². The number of ether oxygens (including phenoxy) is 1. The minimum atomic E-state index is -0.821. The fraction of sp³-hybridized carbons (Fsp3) is 0.200. The molecule has 0 aliphatic carbocycles. The molecule has 0 heterocycles. The van der Waals surface area contributed by atoms with Gasteiger partial charge in [-0.15, -0.1) is 0 Å². The molecule has 0 aliphatic rings. The van der Waals surface area contributed by atoms with Gasteiger partial charge in [-0.25, -0.2) is 4.79 Å². The second-order valence-corrected chi connectivity index (χ2v) is 3.81. The molecule has 0 bridgehead atoms. The Morgan fingerprint density at radius 3 is 2.88 bits per heavy atom. The van der Waals surface area contributed by atoms with Crippen LogP contribution in [0.3, 0.4) is 0 Å². The highest BCUT2D eigenvalue weighted by Crippen LogP contribution is 2.21. The summed E-state index contributed by atoms with van der Waals surface area (Å²) in [6, 6.07) is 3.54. The average Bonchev–Trinajstić information content (AvgIpc) is 2.30. The first-order valence-electron chi connectivity index (χ1n) is 4.41. The monoisotopic (exact) mass is 259 g/mol. The van der Waals surface area contributed by atoms with E-state index >= 15 is 0 Å². The van der Waals surface area contributed by atoms with E-state index in [-0.39, 0.29) is 17.1 Å². The van der Waals surface area contributed by atoms with Gasteiger partial charge in [-0.05, 0) is 18.2 Å². The number of carbonyl (C=O) groups is 2. The Bertz CT molecular complexity index is 411. The van der Waals surface area contributed by atoms with E-state index in [1.807, 2.05) is 0 Å². The number of carbonyl (C=O) groups excluding carboxylic acids is 2. The van der Waals surface area contributed by atoms with Crippen molar-refractivity contribution in [3.8, 4) is 5.75 Å². The quantitative estimate of drug-likeness (QED) is 0.370. The van der Waals surface area contributed by atoms with E-state index in [2.05, 4.69) is 12.6 Å². The van der Waals surface area contributed by atoms with Crippen LogP contribution in [0.15, 0.2) is 18.2 Å². The molecule has 0 radical (unpaired) electrons. The molecule has 0 amide bonds. The molecule has 0 unspecified atom stereocenters. The number of halogens is 1. The van der Waals surface area contributed by atoms with Crippen LogP contribution in [0.1, 0.15) is 10.4 Å². The predicted octanol–water partition coefficient (Wildman–Crippen LogP) is 1.31. The summed E-state index contributed by atoms with van der Waals surface area (Å²) in [5.74, 6) is -0.329. The van der Waals surface area contributed by atoms with Crippen molar-refractivity contribution in [3.63, 3.8) is 0 Å². The molecule has 0 saturated heterocycles. The molecule has 0 aliphatic heterocycles. The summed E-state index contributed by atoms with van der Waals surface area (Å²) >= 11 is 9.56. The van der Waals surface area contributed by atoms with E-state index in [0.717, 1.165) is 0 Å². The number of rotatable bonds is 4. The molecule has 1 rings (SSSR count). The van der Waals surface area contributed by atoms with Crippen molar-refractivity contribution in [2.45, 2.75) is 6.04 Å². The first-order valence-corrected chi connectivity index (χ1v) is 5.42. The number of nitrogens with two attached hydrogens (primary N) is 1. The van der Waals surface area contributed by atoms with Crippen molar-refractivity contribution in [2.75, 3.05) is 5.75 Å². The molecular formula is C10H10ClNO3S. The smallest absolute Gasteiger partial charge is 0.329 e. The summed E-state index contributed by atoms with van der Waals surface area (Å²) in [6.45, 7) is 0. The highest BCUT2D eigenvalue weighted by atomic mass is 35.5. The lowest BCUT2D eigenvalue weighted by atomic mass is 10.2. The standard InChI is InChI=1S/C10H10ClNO3S/c11-7-1-2-9(6(3-7)4-13)15-10(14)8(12)5-16/h1-4,8,16H,5,12H2/t8-/m0/s1. The predicted molar refractivity (Wildman–Crippen MR) is 64.3 cm³/mol. The third-order valence-electron chi connectivity index (χ3n) is 1.81. The van der Waals surface area contributed by atoms with Crippen LogP contribution in [0.4, 0.5) is 0 Å². The Morgan fingerprint density at radius 1 is 1.62 bits per heavy atom. The van der Waals surface area contributed by atoms with E-state index < -0.39 is 12.0 Å². The topological polar surface area (TPSA) is 69.4 Å². The molecule has 1 aromatic rings. The van der Waals surface area contributed by atoms with Gasteiger partial charge in [0.25, 0.3) is 0 Å². The maximum Gasteiger partial charge on any atom is 0.329 e. The fourth-order valence-corrected chi connectivity index (χ4v) is 1.29. The van der Waals surface area contributed by atoms with Crippen LogP contribution < -0.4 is 10.5 Å². The van der Waals surface area contributed by atoms with Gasteiger partial charge in [0.1, 0.15) is 11.8 Å². The second-order valence-electron chi connectivity index (χ2n) is 3.01. The number of hydrogen-bond acceptors (Lipinski definition) is 5. The number of esters is 1. The largest absolute Gasteiger partial charge is 0.425 e. The summed E-state index contributed by atoms with van der Waals surface area (Å²) in [5.41, 5.74) is 5.62. The maximum atomic E-state index is 11.4. The van der Waals surface area contributed by atoms with E-state index in [0.29, 0.717) is 11.3 Å². The van der Waals surface area contributed by atoms with E-state index in [1.165, 1.54) is 18.2 Å². The average molecular weight is 260 g/mol. The lowest BCUT2D eigenvalue weighted by Gasteiger charge is -2.10. The van der Waals surface area contributed by atoms with Crippen molar-refractivity contribution >= 4 is 36.5 Å². The molecule has 0 fully saturated rings. The summed E-state index contributed by atoms with van der Waals surface area (Å²) in [7, 11) is 0. The van der Waals surface area contributed by atoms with Gasteiger partial charge in [-0.1, -0.05) is 11.6 Å². The molecule has 1 aromatic carbocycles. The van der Waals surface area contributed by atoms with Crippen LogP contribution in [-0.4, -0.2) is 24.1 Å². The Kier molecular flexibility index (Phi) is 4.79. The SMILES string of the molecule is N[C@@H](CS)C(=O)Oc1ccc(Cl)cc1C=O.